The number of benzene rings is 3. The summed E-state index contributed by atoms with van der Waals surface area (Å²) in [5.74, 6) is -1.07. The number of nitrogens with two attached hydrogens (primary N) is 1. The minimum Gasteiger partial charge on any atom is -0.508 e. The predicted octanol–water partition coefficient (Wildman–Crippen LogP) is 4.51. The maximum atomic E-state index is 12.1. The van der Waals surface area contributed by atoms with Crippen LogP contribution in [0.15, 0.2) is 66.7 Å². The molecule has 1 amide bonds. The van der Waals surface area contributed by atoms with Gasteiger partial charge >= 0.3 is 5.97 Å². The number of aryl methyl sites for hydroxylation is 1. The zero-order chi connectivity index (χ0) is 21.5. The molecule has 6 nitrogen and oxygen atoms in total. The second-order valence-corrected chi connectivity index (χ2v) is 7.14. The molecule has 0 aromatic heterocycles. The first-order valence-corrected chi connectivity index (χ1v) is 9.74. The molecule has 7 heteroatoms. The summed E-state index contributed by atoms with van der Waals surface area (Å²) in [6, 6.07) is 19.7. The Balaban J connectivity index is 1.47. The maximum Gasteiger partial charge on any atom is 0.332 e. The van der Waals surface area contributed by atoms with Crippen molar-refractivity contribution < 1.29 is 19.5 Å². The molecule has 0 aliphatic carbocycles. The first-order chi connectivity index (χ1) is 14.4. The maximum absolute atomic E-state index is 12.1. The number of phenolic OH excluding ortho intramolecular Hbond substituents is 1. The average molecular weight is 425 g/mol. The van der Waals surface area contributed by atoms with Crippen LogP contribution in [0.1, 0.15) is 28.8 Å². The van der Waals surface area contributed by atoms with Crippen LogP contribution in [0.5, 0.6) is 5.75 Å². The van der Waals surface area contributed by atoms with Crippen molar-refractivity contribution in [2.75, 3.05) is 5.73 Å². The van der Waals surface area contributed by atoms with Gasteiger partial charge < -0.3 is 15.7 Å². The van der Waals surface area contributed by atoms with E-state index in [1.165, 1.54) is 12.1 Å². The summed E-state index contributed by atoms with van der Waals surface area (Å²) in [5.41, 5.74) is 10.8. The Kier molecular flexibility index (Phi) is 6.93. The van der Waals surface area contributed by atoms with E-state index in [1.807, 2.05) is 42.5 Å². The van der Waals surface area contributed by atoms with Crippen molar-refractivity contribution in [3.8, 4) is 16.9 Å². The van der Waals surface area contributed by atoms with Gasteiger partial charge in [0.05, 0.1) is 5.56 Å². The van der Waals surface area contributed by atoms with Crippen LogP contribution in [0, 0.1) is 0 Å². The van der Waals surface area contributed by atoms with E-state index < -0.39 is 11.9 Å². The van der Waals surface area contributed by atoms with Gasteiger partial charge in [-0.2, -0.15) is 5.48 Å². The molecule has 3 rings (SSSR count). The summed E-state index contributed by atoms with van der Waals surface area (Å²) in [7, 11) is 0. The molecular weight excluding hydrogens is 404 g/mol. The van der Waals surface area contributed by atoms with Gasteiger partial charge in [0.15, 0.2) is 0 Å². The second kappa shape index (κ2) is 9.80. The Bertz CT molecular complexity index is 1050. The van der Waals surface area contributed by atoms with Gasteiger partial charge in [-0.05, 0) is 53.8 Å². The number of carbonyl (C=O) groups is 2. The average Bonchev–Trinajstić information content (AvgIpc) is 2.75. The van der Waals surface area contributed by atoms with Crippen molar-refractivity contribution in [1.82, 2.24) is 5.48 Å². The van der Waals surface area contributed by atoms with E-state index in [1.54, 1.807) is 12.1 Å². The second-order valence-electron chi connectivity index (χ2n) is 6.70. The van der Waals surface area contributed by atoms with Gasteiger partial charge in [0.25, 0.3) is 5.91 Å². The van der Waals surface area contributed by atoms with E-state index in [9.17, 15) is 14.7 Å². The van der Waals surface area contributed by atoms with Crippen LogP contribution in [-0.4, -0.2) is 17.0 Å². The normalized spacial score (nSPS) is 10.4. The van der Waals surface area contributed by atoms with Gasteiger partial charge in [-0.3, -0.25) is 4.79 Å². The minimum atomic E-state index is -0.655. The highest BCUT2D eigenvalue weighted by atomic mass is 35.5. The number of phenols is 1. The van der Waals surface area contributed by atoms with E-state index in [0.717, 1.165) is 16.7 Å². The van der Waals surface area contributed by atoms with Gasteiger partial charge in [-0.15, -0.1) is 0 Å². The molecular formula is C23H21ClN2O4. The number of aromatic hydroxyl groups is 1. The molecule has 0 saturated heterocycles. The number of nitrogens with one attached hydrogen (secondary N) is 1. The van der Waals surface area contributed by atoms with Crippen molar-refractivity contribution >= 4 is 29.2 Å². The first kappa shape index (κ1) is 21.2. The van der Waals surface area contributed by atoms with Crippen LogP contribution in [0.3, 0.4) is 0 Å². The smallest absolute Gasteiger partial charge is 0.332 e. The molecule has 154 valence electrons. The van der Waals surface area contributed by atoms with E-state index in [-0.39, 0.29) is 23.4 Å². The third-order valence-corrected chi connectivity index (χ3v) is 4.77. The summed E-state index contributed by atoms with van der Waals surface area (Å²) in [6.07, 6.45) is 1.02. The number of hydrogen-bond donors (Lipinski definition) is 3. The molecule has 0 fully saturated rings. The van der Waals surface area contributed by atoms with Gasteiger partial charge in [-0.25, -0.2) is 4.79 Å². The fourth-order valence-electron chi connectivity index (χ4n) is 2.94. The molecule has 0 unspecified atom stereocenters. The fraction of sp³-hybridized carbons (Fsp3) is 0.130. The summed E-state index contributed by atoms with van der Waals surface area (Å²) in [5, 5.41) is 10.6. The number of anilines is 1. The molecule has 0 radical (unpaired) electrons. The van der Waals surface area contributed by atoms with Crippen LogP contribution >= 0.6 is 11.6 Å². The van der Waals surface area contributed by atoms with Crippen molar-refractivity contribution in [3.05, 3.63) is 82.9 Å². The molecule has 0 atom stereocenters. The Morgan fingerprint density at radius 3 is 2.50 bits per heavy atom. The fourth-order valence-corrected chi connectivity index (χ4v) is 3.12. The van der Waals surface area contributed by atoms with Crippen molar-refractivity contribution in [3.63, 3.8) is 0 Å². The summed E-state index contributed by atoms with van der Waals surface area (Å²) >= 11 is 5.84. The highest BCUT2D eigenvalue weighted by molar-refractivity contribution is 6.31. The molecule has 3 aromatic carbocycles. The number of hydroxylamine groups is 1. The molecule has 0 saturated carbocycles. The highest BCUT2D eigenvalue weighted by Crippen LogP contribution is 2.27. The lowest BCUT2D eigenvalue weighted by molar-refractivity contribution is -0.149. The van der Waals surface area contributed by atoms with Crippen LogP contribution in [0.2, 0.25) is 5.02 Å². The quantitative estimate of drug-likeness (QED) is 0.399. The monoisotopic (exact) mass is 424 g/mol. The Labute approximate surface area is 179 Å². The number of hydrogen-bond acceptors (Lipinski definition) is 5. The Morgan fingerprint density at radius 1 is 1.00 bits per heavy atom. The third kappa shape index (κ3) is 5.52. The SMILES string of the molecule is Nc1ccc(Cl)cc1C(=O)NOC(=O)CCCc1ccc(-c2ccccc2)cc1O. The highest BCUT2D eigenvalue weighted by Gasteiger charge is 2.13. The Morgan fingerprint density at radius 2 is 1.77 bits per heavy atom. The summed E-state index contributed by atoms with van der Waals surface area (Å²) in [4.78, 5) is 28.7. The van der Waals surface area contributed by atoms with Gasteiger partial charge in [-0.1, -0.05) is 54.1 Å². The molecule has 0 spiro atoms. The molecule has 0 heterocycles. The van der Waals surface area contributed by atoms with E-state index >= 15 is 0 Å². The van der Waals surface area contributed by atoms with Crippen LogP contribution in [0.4, 0.5) is 5.69 Å². The number of rotatable bonds is 6. The van der Waals surface area contributed by atoms with Crippen molar-refractivity contribution in [2.45, 2.75) is 19.3 Å². The third-order valence-electron chi connectivity index (χ3n) is 4.54. The number of halogens is 1. The largest absolute Gasteiger partial charge is 0.508 e. The molecule has 0 aliphatic rings. The van der Waals surface area contributed by atoms with E-state index in [4.69, 9.17) is 22.2 Å². The number of amides is 1. The Hall–Kier alpha value is -3.51. The molecule has 0 bridgehead atoms. The van der Waals surface area contributed by atoms with Crippen LogP contribution < -0.4 is 11.2 Å². The lowest BCUT2D eigenvalue weighted by atomic mass is 10.0. The van der Waals surface area contributed by atoms with Crippen LogP contribution in [-0.2, 0) is 16.1 Å². The molecule has 0 aliphatic heterocycles. The zero-order valence-electron chi connectivity index (χ0n) is 16.1. The summed E-state index contributed by atoms with van der Waals surface area (Å²) < 4.78 is 0. The standard InChI is InChI=1S/C23H21ClN2O4/c24-18-11-12-20(25)19(14-18)23(29)26-30-22(28)8-4-7-16-9-10-17(13-21(16)27)15-5-2-1-3-6-15/h1-3,5-6,9-14,27H,4,7-8,25H2,(H,26,29). The zero-order valence-corrected chi connectivity index (χ0v) is 16.9. The van der Waals surface area contributed by atoms with Crippen LogP contribution in [0.25, 0.3) is 11.1 Å². The van der Waals surface area contributed by atoms with Gasteiger partial charge in [0, 0.05) is 17.1 Å². The topological polar surface area (TPSA) is 102 Å². The predicted molar refractivity (Wildman–Crippen MR) is 116 cm³/mol. The number of carbonyl (C=O) groups excluding carboxylic acids is 2. The lowest BCUT2D eigenvalue weighted by Crippen LogP contribution is -2.27. The van der Waals surface area contributed by atoms with Gasteiger partial charge in [0.2, 0.25) is 0 Å². The molecule has 30 heavy (non-hydrogen) atoms. The summed E-state index contributed by atoms with van der Waals surface area (Å²) in [6.45, 7) is 0. The van der Waals surface area contributed by atoms with E-state index in [0.29, 0.717) is 17.9 Å². The van der Waals surface area contributed by atoms with Crippen molar-refractivity contribution in [2.24, 2.45) is 0 Å². The lowest BCUT2D eigenvalue weighted by Gasteiger charge is -2.09. The molecule has 3 aromatic rings. The molecule has 4 N–H and O–H groups in total. The minimum absolute atomic E-state index is 0.0746. The first-order valence-electron chi connectivity index (χ1n) is 9.36. The van der Waals surface area contributed by atoms with E-state index in [2.05, 4.69) is 5.48 Å². The van der Waals surface area contributed by atoms with Gasteiger partial charge in [0.1, 0.15) is 5.75 Å². The van der Waals surface area contributed by atoms with Crippen molar-refractivity contribution in [1.29, 1.82) is 0 Å². The number of nitrogen functional groups attached to an aromatic ring is 1.